The van der Waals surface area contributed by atoms with E-state index in [0.717, 1.165) is 32.4 Å². The zero-order chi connectivity index (χ0) is 9.68. The van der Waals surface area contributed by atoms with Crippen LogP contribution in [0, 0.1) is 0 Å². The van der Waals surface area contributed by atoms with Gasteiger partial charge in [-0.1, -0.05) is 6.08 Å². The average Bonchev–Trinajstić information content (AvgIpc) is 2.14. The van der Waals surface area contributed by atoms with Crippen LogP contribution >= 0.6 is 0 Å². The third-order valence-corrected chi connectivity index (χ3v) is 2.37. The summed E-state index contributed by atoms with van der Waals surface area (Å²) in [6, 6.07) is 0.182. The van der Waals surface area contributed by atoms with Gasteiger partial charge in [-0.15, -0.1) is 6.58 Å². The summed E-state index contributed by atoms with van der Waals surface area (Å²) >= 11 is 0. The predicted molar refractivity (Wildman–Crippen MR) is 53.2 cm³/mol. The third-order valence-electron chi connectivity index (χ3n) is 2.37. The number of carbonyl (C=O) groups is 1. The van der Waals surface area contributed by atoms with E-state index >= 15 is 0 Å². The molecule has 0 aromatic heterocycles. The van der Waals surface area contributed by atoms with Gasteiger partial charge in [0.25, 0.3) is 0 Å². The summed E-state index contributed by atoms with van der Waals surface area (Å²) in [5.41, 5.74) is 5.78. The molecule has 3 nitrogen and oxygen atoms in total. The molecule has 1 atom stereocenters. The number of likely N-dealkylation sites (tertiary alicyclic amines) is 1. The van der Waals surface area contributed by atoms with Crippen LogP contribution in [0.2, 0.25) is 0 Å². The number of hydrogen-bond acceptors (Lipinski definition) is 2. The van der Waals surface area contributed by atoms with Crippen molar-refractivity contribution in [2.75, 3.05) is 13.1 Å². The lowest BCUT2D eigenvalue weighted by Crippen LogP contribution is -2.45. The molecule has 1 aliphatic rings. The molecule has 13 heavy (non-hydrogen) atoms. The summed E-state index contributed by atoms with van der Waals surface area (Å²) in [5.74, 6) is 0.218. The molecular weight excluding hydrogens is 164 g/mol. The van der Waals surface area contributed by atoms with E-state index in [4.69, 9.17) is 5.73 Å². The second kappa shape index (κ2) is 5.02. The topological polar surface area (TPSA) is 46.3 Å². The molecule has 1 aliphatic heterocycles. The minimum Gasteiger partial charge on any atom is -0.341 e. The monoisotopic (exact) mass is 182 g/mol. The molecule has 0 radical (unpaired) electrons. The fourth-order valence-electron chi connectivity index (χ4n) is 1.62. The SMILES string of the molecule is C=CCCC(=O)N1CCC[C@@H](N)C1. The highest BCUT2D eigenvalue weighted by molar-refractivity contribution is 5.76. The molecule has 3 heteroatoms. The summed E-state index contributed by atoms with van der Waals surface area (Å²) in [4.78, 5) is 13.4. The number of hydrogen-bond donors (Lipinski definition) is 1. The first-order chi connectivity index (χ1) is 6.24. The minimum absolute atomic E-state index is 0.182. The highest BCUT2D eigenvalue weighted by atomic mass is 16.2. The molecule has 1 amide bonds. The van der Waals surface area contributed by atoms with Gasteiger partial charge in [0.15, 0.2) is 0 Å². The van der Waals surface area contributed by atoms with Crippen molar-refractivity contribution in [2.45, 2.75) is 31.7 Å². The fourth-order valence-corrected chi connectivity index (χ4v) is 1.62. The van der Waals surface area contributed by atoms with Crippen molar-refractivity contribution in [1.29, 1.82) is 0 Å². The molecule has 1 fully saturated rings. The number of carbonyl (C=O) groups excluding carboxylic acids is 1. The fraction of sp³-hybridized carbons (Fsp3) is 0.700. The van der Waals surface area contributed by atoms with E-state index in [2.05, 4.69) is 6.58 Å². The molecule has 0 bridgehead atoms. The minimum atomic E-state index is 0.182. The molecular formula is C10H18N2O. The predicted octanol–water partition coefficient (Wildman–Crippen LogP) is 0.902. The Morgan fingerprint density at radius 3 is 3.08 bits per heavy atom. The second-order valence-electron chi connectivity index (χ2n) is 3.57. The molecule has 0 aliphatic carbocycles. The summed E-state index contributed by atoms with van der Waals surface area (Å²) in [6.45, 7) is 5.21. The largest absolute Gasteiger partial charge is 0.341 e. The molecule has 1 heterocycles. The Kier molecular flexibility index (Phi) is 3.96. The standard InChI is InChI=1S/C10H18N2O/c1-2-3-6-10(13)12-7-4-5-9(11)8-12/h2,9H,1,3-8,11H2/t9-/m1/s1. The average molecular weight is 182 g/mol. The molecule has 0 saturated carbocycles. The molecule has 0 unspecified atom stereocenters. The van der Waals surface area contributed by atoms with Gasteiger partial charge in [0.1, 0.15) is 0 Å². The van der Waals surface area contributed by atoms with Gasteiger partial charge in [0, 0.05) is 25.6 Å². The Bertz CT molecular complexity index is 191. The van der Waals surface area contributed by atoms with Crippen molar-refractivity contribution < 1.29 is 4.79 Å². The molecule has 1 saturated heterocycles. The molecule has 2 N–H and O–H groups in total. The Morgan fingerprint density at radius 1 is 1.69 bits per heavy atom. The summed E-state index contributed by atoms with van der Waals surface area (Å²) in [5, 5.41) is 0. The van der Waals surface area contributed by atoms with Crippen molar-refractivity contribution in [1.82, 2.24) is 4.90 Å². The zero-order valence-corrected chi connectivity index (χ0v) is 8.04. The van der Waals surface area contributed by atoms with Crippen LogP contribution in [0.5, 0.6) is 0 Å². The maximum Gasteiger partial charge on any atom is 0.222 e. The van der Waals surface area contributed by atoms with E-state index in [1.807, 2.05) is 4.90 Å². The van der Waals surface area contributed by atoms with Crippen molar-refractivity contribution in [3.8, 4) is 0 Å². The van der Waals surface area contributed by atoms with Crippen molar-refractivity contribution >= 4 is 5.91 Å². The smallest absolute Gasteiger partial charge is 0.222 e. The van der Waals surface area contributed by atoms with E-state index in [0.29, 0.717) is 6.42 Å². The lowest BCUT2D eigenvalue weighted by molar-refractivity contribution is -0.132. The Balaban J connectivity index is 2.32. The number of nitrogens with zero attached hydrogens (tertiary/aromatic N) is 1. The maximum atomic E-state index is 11.5. The van der Waals surface area contributed by atoms with Crippen LogP contribution in [0.25, 0.3) is 0 Å². The van der Waals surface area contributed by atoms with Gasteiger partial charge in [0.05, 0.1) is 0 Å². The first kappa shape index (κ1) is 10.3. The number of amides is 1. The maximum absolute atomic E-state index is 11.5. The first-order valence-corrected chi connectivity index (χ1v) is 4.88. The quantitative estimate of drug-likeness (QED) is 0.659. The first-order valence-electron chi connectivity index (χ1n) is 4.88. The summed E-state index contributed by atoms with van der Waals surface area (Å²) in [7, 11) is 0. The van der Waals surface area contributed by atoms with Gasteiger partial charge in [0.2, 0.25) is 5.91 Å². The molecule has 1 rings (SSSR count). The molecule has 0 aromatic rings. The van der Waals surface area contributed by atoms with Gasteiger partial charge in [-0.25, -0.2) is 0 Å². The molecule has 0 spiro atoms. The summed E-state index contributed by atoms with van der Waals surface area (Å²) in [6.07, 6.45) is 5.22. The lowest BCUT2D eigenvalue weighted by atomic mass is 10.1. The number of nitrogens with two attached hydrogens (primary N) is 1. The Hall–Kier alpha value is -0.830. The Morgan fingerprint density at radius 2 is 2.46 bits per heavy atom. The van der Waals surface area contributed by atoms with E-state index in [9.17, 15) is 4.79 Å². The van der Waals surface area contributed by atoms with Crippen LogP contribution in [0.1, 0.15) is 25.7 Å². The van der Waals surface area contributed by atoms with Crippen molar-refractivity contribution in [3.05, 3.63) is 12.7 Å². The van der Waals surface area contributed by atoms with Gasteiger partial charge in [-0.2, -0.15) is 0 Å². The van der Waals surface area contributed by atoms with Crippen LogP contribution in [-0.4, -0.2) is 29.9 Å². The van der Waals surface area contributed by atoms with Crippen molar-refractivity contribution in [3.63, 3.8) is 0 Å². The summed E-state index contributed by atoms with van der Waals surface area (Å²) < 4.78 is 0. The highest BCUT2D eigenvalue weighted by Gasteiger charge is 2.19. The zero-order valence-electron chi connectivity index (χ0n) is 8.04. The van der Waals surface area contributed by atoms with E-state index in [-0.39, 0.29) is 11.9 Å². The molecule has 0 aromatic carbocycles. The van der Waals surface area contributed by atoms with Crippen molar-refractivity contribution in [2.24, 2.45) is 5.73 Å². The van der Waals surface area contributed by atoms with Crippen LogP contribution in [-0.2, 0) is 4.79 Å². The van der Waals surface area contributed by atoms with Gasteiger partial charge in [-0.05, 0) is 19.3 Å². The third kappa shape index (κ3) is 3.19. The van der Waals surface area contributed by atoms with E-state index < -0.39 is 0 Å². The normalized spacial score (nSPS) is 22.8. The number of piperidine rings is 1. The van der Waals surface area contributed by atoms with Crippen LogP contribution < -0.4 is 5.73 Å². The number of rotatable bonds is 3. The molecule has 74 valence electrons. The van der Waals surface area contributed by atoms with E-state index in [1.54, 1.807) is 6.08 Å². The van der Waals surface area contributed by atoms with Gasteiger partial charge in [-0.3, -0.25) is 4.79 Å². The highest BCUT2D eigenvalue weighted by Crippen LogP contribution is 2.10. The van der Waals surface area contributed by atoms with Gasteiger partial charge >= 0.3 is 0 Å². The van der Waals surface area contributed by atoms with Crippen LogP contribution in [0.15, 0.2) is 12.7 Å². The lowest BCUT2D eigenvalue weighted by Gasteiger charge is -2.30. The van der Waals surface area contributed by atoms with Crippen LogP contribution in [0.3, 0.4) is 0 Å². The van der Waals surface area contributed by atoms with E-state index in [1.165, 1.54) is 0 Å². The van der Waals surface area contributed by atoms with Crippen LogP contribution in [0.4, 0.5) is 0 Å². The van der Waals surface area contributed by atoms with Gasteiger partial charge < -0.3 is 10.6 Å². The Labute approximate surface area is 79.6 Å². The number of allylic oxidation sites excluding steroid dienone is 1. The second-order valence-corrected chi connectivity index (χ2v) is 3.57.